The molecule has 2 heterocycles. The van der Waals surface area contributed by atoms with Gasteiger partial charge in [0.25, 0.3) is 0 Å². The van der Waals surface area contributed by atoms with E-state index in [9.17, 15) is 0 Å². The van der Waals surface area contributed by atoms with Crippen LogP contribution in [0, 0.1) is 0 Å². The predicted molar refractivity (Wildman–Crippen MR) is 159 cm³/mol. The van der Waals surface area contributed by atoms with Crippen LogP contribution in [0.15, 0.2) is 118 Å². The highest BCUT2D eigenvalue weighted by Crippen LogP contribution is 2.42. The summed E-state index contributed by atoms with van der Waals surface area (Å²) in [5.41, 5.74) is 6.79. The van der Waals surface area contributed by atoms with Crippen LogP contribution in [0.1, 0.15) is 63.7 Å². The summed E-state index contributed by atoms with van der Waals surface area (Å²) in [4.78, 5) is 0. The Kier molecular flexibility index (Phi) is 9.69. The minimum atomic E-state index is 0.525. The molecule has 2 aromatic heterocycles. The van der Waals surface area contributed by atoms with Crippen LogP contribution in [-0.4, -0.2) is 18.5 Å². The van der Waals surface area contributed by atoms with Gasteiger partial charge in [-0.25, -0.2) is 0 Å². The highest BCUT2D eigenvalue weighted by Gasteiger charge is 2.26. The molecule has 0 saturated heterocycles. The van der Waals surface area contributed by atoms with Gasteiger partial charge < -0.3 is 23.5 Å². The van der Waals surface area contributed by atoms with Gasteiger partial charge in [-0.3, -0.25) is 0 Å². The summed E-state index contributed by atoms with van der Waals surface area (Å²) in [6, 6.07) is 30.6. The fraction of sp³-hybridized carbons (Fsp3) is 0.229. The molecule has 6 heteroatoms. The summed E-state index contributed by atoms with van der Waals surface area (Å²) in [6.45, 7) is 1.05. The van der Waals surface area contributed by atoms with Crippen LogP contribution in [0.4, 0.5) is 0 Å². The molecule has 5 aromatic rings. The molecular formula is C35H35NO5. The monoisotopic (exact) mass is 549 g/mol. The highest BCUT2D eigenvalue weighted by molar-refractivity contribution is 5.82. The molecule has 0 aliphatic heterocycles. The predicted octanol–water partition coefficient (Wildman–Crippen LogP) is 8.15. The van der Waals surface area contributed by atoms with Crippen molar-refractivity contribution in [1.29, 1.82) is 0 Å². The van der Waals surface area contributed by atoms with E-state index < -0.39 is 0 Å². The highest BCUT2D eigenvalue weighted by atomic mass is 16.5. The third-order valence-corrected chi connectivity index (χ3v) is 6.90. The van der Waals surface area contributed by atoms with E-state index in [1.165, 1.54) is 35.7 Å². The van der Waals surface area contributed by atoms with Crippen molar-refractivity contribution in [2.75, 3.05) is 7.11 Å². The minimum Gasteiger partial charge on any atom is -0.497 e. The molecule has 0 radical (unpaired) electrons. The molecule has 210 valence electrons. The number of oxime groups is 1. The van der Waals surface area contributed by atoms with Crippen molar-refractivity contribution in [3.63, 3.8) is 0 Å². The lowest BCUT2D eigenvalue weighted by Crippen LogP contribution is -1.93. The van der Waals surface area contributed by atoms with Crippen LogP contribution < -0.4 is 4.74 Å². The van der Waals surface area contributed by atoms with Gasteiger partial charge in [0, 0.05) is 24.0 Å². The molecule has 1 aliphatic rings. The smallest absolute Gasteiger partial charge is 0.119 e. The van der Waals surface area contributed by atoms with Gasteiger partial charge >= 0.3 is 0 Å². The summed E-state index contributed by atoms with van der Waals surface area (Å²) >= 11 is 0. The maximum absolute atomic E-state index is 8.51. The summed E-state index contributed by atoms with van der Waals surface area (Å²) < 4.78 is 22.3. The average Bonchev–Trinajstić information content (AvgIpc) is 3.61. The number of hydrogen-bond acceptors (Lipinski definition) is 6. The van der Waals surface area contributed by atoms with Gasteiger partial charge in [0.05, 0.1) is 39.1 Å². The zero-order valence-corrected chi connectivity index (χ0v) is 23.2. The standard InChI is InChI=1S/C24H22O3.C11H13NO2/c1-3-7-19(8-4-1)11-23-13-21(17-26-23)15-25-16-22-14-24(27-18-22)12-20-9-5-2-6-10-20;1-14-10-5-4-9(7-12-13)11(6-10)8-2-3-8/h1-10,13-14,17-18H,11-12,15-16H2;4-8,13H,2-3H2,1H3. The Morgan fingerprint density at radius 3 is 1.80 bits per heavy atom. The van der Waals surface area contributed by atoms with Crippen molar-refractivity contribution < 1.29 is 23.5 Å². The first-order chi connectivity index (χ1) is 20.2. The van der Waals surface area contributed by atoms with Gasteiger partial charge in [0.1, 0.15) is 17.3 Å². The van der Waals surface area contributed by atoms with E-state index in [-0.39, 0.29) is 0 Å². The molecule has 3 aromatic carbocycles. The number of benzene rings is 3. The van der Waals surface area contributed by atoms with E-state index in [0.717, 1.165) is 46.8 Å². The molecule has 0 unspecified atom stereocenters. The molecule has 0 atom stereocenters. The second-order valence-electron chi connectivity index (χ2n) is 10.2. The summed E-state index contributed by atoms with van der Waals surface area (Å²) in [5.74, 6) is 3.39. The van der Waals surface area contributed by atoms with Crippen molar-refractivity contribution >= 4 is 6.21 Å². The molecular weight excluding hydrogens is 514 g/mol. The lowest BCUT2D eigenvalue weighted by Gasteiger charge is -2.06. The van der Waals surface area contributed by atoms with Crippen LogP contribution in [-0.2, 0) is 30.8 Å². The van der Waals surface area contributed by atoms with E-state index in [1.807, 2.05) is 54.6 Å². The van der Waals surface area contributed by atoms with Gasteiger partial charge in [-0.2, -0.15) is 0 Å². The minimum absolute atomic E-state index is 0.525. The SMILES string of the molecule is COc1ccc(C=NO)c(C2CC2)c1.c1ccc(Cc2cc(COCc3coc(Cc4ccccc4)c3)co2)cc1. The Hall–Kier alpha value is -4.55. The van der Waals surface area contributed by atoms with Gasteiger partial charge in [0.15, 0.2) is 0 Å². The second kappa shape index (κ2) is 14.2. The van der Waals surface area contributed by atoms with E-state index in [4.69, 9.17) is 23.5 Å². The Bertz CT molecular complexity index is 1440. The molecule has 1 N–H and O–H groups in total. The number of rotatable bonds is 11. The van der Waals surface area contributed by atoms with Crippen molar-refractivity contribution in [3.8, 4) is 5.75 Å². The van der Waals surface area contributed by atoms with Crippen LogP contribution in [0.5, 0.6) is 5.75 Å². The van der Waals surface area contributed by atoms with E-state index >= 15 is 0 Å². The molecule has 0 spiro atoms. The molecule has 1 fully saturated rings. The van der Waals surface area contributed by atoms with Gasteiger partial charge in [0.2, 0.25) is 0 Å². The molecule has 6 nitrogen and oxygen atoms in total. The van der Waals surface area contributed by atoms with Gasteiger partial charge in [-0.05, 0) is 71.3 Å². The van der Waals surface area contributed by atoms with E-state index in [0.29, 0.717) is 19.1 Å². The van der Waals surface area contributed by atoms with Crippen LogP contribution in [0.3, 0.4) is 0 Å². The van der Waals surface area contributed by atoms with Crippen molar-refractivity contribution in [1.82, 2.24) is 0 Å². The first kappa shape index (κ1) is 28.0. The number of ether oxygens (including phenoxy) is 2. The maximum Gasteiger partial charge on any atom is 0.119 e. The number of hydrogen-bond donors (Lipinski definition) is 1. The summed E-state index contributed by atoms with van der Waals surface area (Å²) in [5, 5.41) is 11.6. The quantitative estimate of drug-likeness (QED) is 0.102. The first-order valence-corrected chi connectivity index (χ1v) is 13.8. The van der Waals surface area contributed by atoms with E-state index in [1.54, 1.807) is 19.6 Å². The molecule has 1 saturated carbocycles. The fourth-order valence-corrected chi connectivity index (χ4v) is 4.68. The summed E-state index contributed by atoms with van der Waals surface area (Å²) in [7, 11) is 1.66. The van der Waals surface area contributed by atoms with Crippen molar-refractivity contribution in [3.05, 3.63) is 148 Å². The molecule has 1 aliphatic carbocycles. The normalized spacial score (nSPS) is 12.7. The largest absolute Gasteiger partial charge is 0.497 e. The lowest BCUT2D eigenvalue weighted by molar-refractivity contribution is 0.106. The average molecular weight is 550 g/mol. The van der Waals surface area contributed by atoms with E-state index in [2.05, 4.69) is 41.6 Å². The fourth-order valence-electron chi connectivity index (χ4n) is 4.68. The number of nitrogens with zero attached hydrogens (tertiary/aromatic N) is 1. The Labute approximate surface area is 240 Å². The Morgan fingerprint density at radius 1 is 0.756 bits per heavy atom. The van der Waals surface area contributed by atoms with Crippen LogP contribution >= 0.6 is 0 Å². The number of methoxy groups -OCH3 is 1. The Morgan fingerprint density at radius 2 is 1.32 bits per heavy atom. The topological polar surface area (TPSA) is 77.3 Å². The van der Waals surface area contributed by atoms with Crippen LogP contribution in [0.2, 0.25) is 0 Å². The first-order valence-electron chi connectivity index (χ1n) is 13.8. The zero-order valence-electron chi connectivity index (χ0n) is 23.2. The van der Waals surface area contributed by atoms with Crippen molar-refractivity contribution in [2.24, 2.45) is 5.16 Å². The number of furan rings is 2. The third kappa shape index (κ3) is 8.47. The molecule has 6 rings (SSSR count). The van der Waals surface area contributed by atoms with Crippen LogP contribution in [0.25, 0.3) is 0 Å². The van der Waals surface area contributed by atoms with Gasteiger partial charge in [-0.15, -0.1) is 0 Å². The Balaban J connectivity index is 0.000000202. The van der Waals surface area contributed by atoms with Crippen molar-refractivity contribution in [2.45, 2.75) is 44.8 Å². The maximum atomic E-state index is 8.51. The second-order valence-corrected chi connectivity index (χ2v) is 10.2. The molecule has 41 heavy (non-hydrogen) atoms. The molecule has 0 bridgehead atoms. The molecule has 0 amide bonds. The summed E-state index contributed by atoms with van der Waals surface area (Å²) in [6.07, 6.45) is 9.06. The zero-order chi connectivity index (χ0) is 28.3. The van der Waals surface area contributed by atoms with Gasteiger partial charge in [-0.1, -0.05) is 65.8 Å². The third-order valence-electron chi connectivity index (χ3n) is 6.90. The lowest BCUT2D eigenvalue weighted by atomic mass is 10.0.